The first-order valence-corrected chi connectivity index (χ1v) is 11.2. The molecule has 33 heavy (non-hydrogen) atoms. The lowest BCUT2D eigenvalue weighted by molar-refractivity contribution is -0.111. The lowest BCUT2D eigenvalue weighted by atomic mass is 10.1. The van der Waals surface area contributed by atoms with E-state index in [9.17, 15) is 14.9 Å². The molecule has 0 aliphatic carbocycles. The van der Waals surface area contributed by atoms with Crippen LogP contribution in [-0.4, -0.2) is 10.5 Å². The highest BCUT2D eigenvalue weighted by atomic mass is 32.1. The van der Waals surface area contributed by atoms with E-state index < -0.39 is 5.91 Å². The smallest absolute Gasteiger partial charge is 0.273 e. The minimum Gasteiger partial charge on any atom is -0.321 e. The molecular weight excluding hydrogens is 430 g/mol. The van der Waals surface area contributed by atoms with E-state index in [2.05, 4.69) is 5.32 Å². The number of nitriles is 1. The first-order valence-electron chi connectivity index (χ1n) is 10.3. The lowest BCUT2D eigenvalue weighted by Gasteiger charge is -2.06. The molecule has 1 N–H and O–H groups in total. The molecule has 0 bridgehead atoms. The Kier molecular flexibility index (Phi) is 6.34. The van der Waals surface area contributed by atoms with Crippen LogP contribution < -0.4 is 20.1 Å². The topological polar surface area (TPSA) is 74.9 Å². The van der Waals surface area contributed by atoms with Gasteiger partial charge in [-0.25, -0.2) is 0 Å². The molecule has 6 heteroatoms. The number of benzene rings is 3. The zero-order chi connectivity index (χ0) is 23.4. The van der Waals surface area contributed by atoms with Crippen molar-refractivity contribution < 1.29 is 4.79 Å². The number of carbonyl (C=O) groups is 1. The summed E-state index contributed by atoms with van der Waals surface area (Å²) in [5, 5.41) is 12.7. The number of nitrogens with one attached hydrogen (secondary N) is 1. The van der Waals surface area contributed by atoms with Crippen molar-refractivity contribution in [3.63, 3.8) is 0 Å². The van der Waals surface area contributed by atoms with Crippen LogP contribution in [0.4, 0.5) is 5.69 Å². The Balaban J connectivity index is 1.94. The van der Waals surface area contributed by atoms with Gasteiger partial charge in [0.2, 0.25) is 0 Å². The van der Waals surface area contributed by atoms with Crippen LogP contribution in [-0.2, 0) is 4.79 Å². The number of amides is 1. The van der Waals surface area contributed by atoms with Crippen molar-refractivity contribution in [2.45, 2.75) is 13.8 Å². The molecule has 0 aliphatic rings. The molecule has 0 radical (unpaired) electrons. The Morgan fingerprint density at radius 2 is 1.70 bits per heavy atom. The number of hydrogen-bond donors (Lipinski definition) is 1. The molecule has 0 spiro atoms. The summed E-state index contributed by atoms with van der Waals surface area (Å²) in [5.74, 6) is -0.559. The normalized spacial score (nSPS) is 12.2. The molecule has 0 aliphatic heterocycles. The van der Waals surface area contributed by atoms with E-state index >= 15 is 0 Å². The molecule has 0 atom stereocenters. The minimum atomic E-state index is -0.559. The van der Waals surface area contributed by atoms with E-state index in [4.69, 9.17) is 0 Å². The monoisotopic (exact) mass is 451 g/mol. The van der Waals surface area contributed by atoms with Crippen LogP contribution in [0.3, 0.4) is 0 Å². The van der Waals surface area contributed by atoms with Crippen molar-refractivity contribution in [2.75, 3.05) is 5.32 Å². The Morgan fingerprint density at radius 1 is 0.970 bits per heavy atom. The zero-order valence-corrected chi connectivity index (χ0v) is 19.0. The number of rotatable bonds is 4. The van der Waals surface area contributed by atoms with E-state index in [1.54, 1.807) is 24.3 Å². The van der Waals surface area contributed by atoms with E-state index in [1.807, 2.05) is 80.6 Å². The van der Waals surface area contributed by atoms with Crippen LogP contribution in [0.1, 0.15) is 16.7 Å². The molecule has 4 rings (SSSR count). The number of anilines is 1. The summed E-state index contributed by atoms with van der Waals surface area (Å²) in [7, 11) is 0. The molecule has 5 nitrogen and oxygen atoms in total. The standard InChI is InChI=1S/C27H21N3O2S/c1-18-11-13-20(14-12-18)16-24-26(32)30(22-9-4-3-5-10-22)27(33-24)23(17-28)25(31)29-21-8-6-7-19(2)15-21/h3-16H,1-2H3,(H,29,31)/b24-16+,27-23+. The van der Waals surface area contributed by atoms with Gasteiger partial charge in [0.05, 0.1) is 10.2 Å². The van der Waals surface area contributed by atoms with Gasteiger partial charge in [-0.3, -0.25) is 14.2 Å². The fourth-order valence-electron chi connectivity index (χ4n) is 3.39. The third kappa shape index (κ3) is 4.84. The molecule has 0 saturated carbocycles. The third-order valence-electron chi connectivity index (χ3n) is 5.04. The van der Waals surface area contributed by atoms with Gasteiger partial charge in [0, 0.05) is 5.69 Å². The molecule has 1 heterocycles. The van der Waals surface area contributed by atoms with E-state index in [1.165, 1.54) is 4.57 Å². The maximum Gasteiger partial charge on any atom is 0.273 e. The fourth-order valence-corrected chi connectivity index (χ4v) is 4.49. The predicted octanol–water partition coefficient (Wildman–Crippen LogP) is 3.66. The molecular formula is C27H21N3O2S. The number of para-hydroxylation sites is 1. The SMILES string of the molecule is Cc1ccc(/C=c2/s/c(=C(\C#N)C(=O)Nc3cccc(C)c3)n(-c3ccccc3)c2=O)cc1. The molecule has 162 valence electrons. The van der Waals surface area contributed by atoms with Gasteiger partial charge in [0.1, 0.15) is 10.7 Å². The Morgan fingerprint density at radius 3 is 2.36 bits per heavy atom. The third-order valence-corrected chi connectivity index (χ3v) is 6.13. The molecule has 0 unspecified atom stereocenters. The van der Waals surface area contributed by atoms with Gasteiger partial charge < -0.3 is 5.32 Å². The molecule has 0 saturated heterocycles. The van der Waals surface area contributed by atoms with Gasteiger partial charge in [-0.05, 0) is 55.3 Å². The number of hydrogen-bond acceptors (Lipinski definition) is 4. The molecule has 1 amide bonds. The van der Waals surface area contributed by atoms with Crippen LogP contribution in [0, 0.1) is 25.2 Å². The maximum absolute atomic E-state index is 13.4. The summed E-state index contributed by atoms with van der Waals surface area (Å²) in [6, 6.07) is 26.2. The molecule has 1 aromatic heterocycles. The van der Waals surface area contributed by atoms with Gasteiger partial charge >= 0.3 is 0 Å². The van der Waals surface area contributed by atoms with Gasteiger partial charge in [0.25, 0.3) is 11.5 Å². The fraction of sp³-hybridized carbons (Fsp3) is 0.0741. The van der Waals surface area contributed by atoms with Crippen LogP contribution in [0.25, 0.3) is 17.3 Å². The number of aromatic nitrogens is 1. The Labute approximate surface area is 195 Å². The average molecular weight is 452 g/mol. The first-order chi connectivity index (χ1) is 16.0. The lowest BCUT2D eigenvalue weighted by Crippen LogP contribution is -2.32. The second kappa shape index (κ2) is 9.51. The number of nitrogens with zero attached hydrogens (tertiary/aromatic N) is 2. The summed E-state index contributed by atoms with van der Waals surface area (Å²) >= 11 is 1.13. The minimum absolute atomic E-state index is 0.119. The van der Waals surface area contributed by atoms with Gasteiger partial charge in [-0.15, -0.1) is 11.3 Å². The molecule has 3 aromatic carbocycles. The van der Waals surface area contributed by atoms with E-state index in [0.717, 1.165) is 28.0 Å². The predicted molar refractivity (Wildman–Crippen MR) is 133 cm³/mol. The highest BCUT2D eigenvalue weighted by Gasteiger charge is 2.17. The van der Waals surface area contributed by atoms with Crippen LogP contribution >= 0.6 is 11.3 Å². The molecule has 4 aromatic rings. The summed E-state index contributed by atoms with van der Waals surface area (Å²) in [6.45, 7) is 3.92. The van der Waals surface area contributed by atoms with Crippen LogP contribution in [0.2, 0.25) is 0 Å². The van der Waals surface area contributed by atoms with Gasteiger partial charge in [-0.1, -0.05) is 60.2 Å². The summed E-state index contributed by atoms with van der Waals surface area (Å²) in [4.78, 5) is 26.5. The number of aryl methyl sites for hydroxylation is 2. The Hall–Kier alpha value is -4.21. The van der Waals surface area contributed by atoms with Crippen molar-refractivity contribution >= 4 is 34.6 Å². The van der Waals surface area contributed by atoms with Gasteiger partial charge in [-0.2, -0.15) is 5.26 Å². The van der Waals surface area contributed by atoms with Crippen molar-refractivity contribution in [3.8, 4) is 11.8 Å². The van der Waals surface area contributed by atoms with Crippen molar-refractivity contribution in [2.24, 2.45) is 0 Å². The zero-order valence-electron chi connectivity index (χ0n) is 18.2. The first kappa shape index (κ1) is 22.0. The largest absolute Gasteiger partial charge is 0.321 e. The van der Waals surface area contributed by atoms with Gasteiger partial charge in [0.15, 0.2) is 5.57 Å². The highest BCUT2D eigenvalue weighted by molar-refractivity contribution is 7.07. The molecule has 0 fully saturated rings. The number of thiazole rings is 1. The highest BCUT2D eigenvalue weighted by Crippen LogP contribution is 2.11. The van der Waals surface area contributed by atoms with E-state index in [-0.39, 0.29) is 15.8 Å². The van der Waals surface area contributed by atoms with Crippen LogP contribution in [0.15, 0.2) is 83.7 Å². The summed E-state index contributed by atoms with van der Waals surface area (Å²) in [6.07, 6.45) is 1.78. The van der Waals surface area contributed by atoms with Crippen LogP contribution in [0.5, 0.6) is 0 Å². The second-order valence-electron chi connectivity index (χ2n) is 7.61. The summed E-state index contributed by atoms with van der Waals surface area (Å²) in [5.41, 5.74) is 3.75. The quantitative estimate of drug-likeness (QED) is 0.515. The maximum atomic E-state index is 13.4. The second-order valence-corrected chi connectivity index (χ2v) is 8.64. The van der Waals surface area contributed by atoms with Crippen molar-refractivity contribution in [3.05, 3.63) is 115 Å². The number of carbonyl (C=O) groups excluding carboxylic acids is 1. The van der Waals surface area contributed by atoms with Crippen molar-refractivity contribution in [1.82, 2.24) is 4.57 Å². The van der Waals surface area contributed by atoms with Crippen molar-refractivity contribution in [1.29, 1.82) is 5.26 Å². The summed E-state index contributed by atoms with van der Waals surface area (Å²) < 4.78 is 2.16. The average Bonchev–Trinajstić information content (AvgIpc) is 3.12. The Bertz CT molecular complexity index is 1540. The van der Waals surface area contributed by atoms with E-state index in [0.29, 0.717) is 15.9 Å².